The summed E-state index contributed by atoms with van der Waals surface area (Å²) in [4.78, 5) is 11.7. The fourth-order valence-corrected chi connectivity index (χ4v) is 5.39. The van der Waals surface area contributed by atoms with Crippen molar-refractivity contribution in [2.75, 3.05) is 36.1 Å². The zero-order valence-corrected chi connectivity index (χ0v) is 18.8. The van der Waals surface area contributed by atoms with Gasteiger partial charge in [-0.25, -0.2) is 22.7 Å². The van der Waals surface area contributed by atoms with Crippen LogP contribution in [0.2, 0.25) is 0 Å². The van der Waals surface area contributed by atoms with Gasteiger partial charge < -0.3 is 10.2 Å². The first kappa shape index (κ1) is 21.1. The molecule has 0 bridgehead atoms. The van der Waals surface area contributed by atoms with Crippen LogP contribution in [0.25, 0.3) is 0 Å². The molecule has 30 heavy (non-hydrogen) atoms. The summed E-state index contributed by atoms with van der Waals surface area (Å²) in [6.45, 7) is 6.46. The zero-order chi connectivity index (χ0) is 21.3. The molecule has 0 aliphatic carbocycles. The minimum Gasteiger partial charge on any atom is -0.354 e. The van der Waals surface area contributed by atoms with Gasteiger partial charge in [-0.2, -0.15) is 0 Å². The molecule has 1 N–H and O–H groups in total. The Kier molecular flexibility index (Phi) is 5.97. The second-order valence-electron chi connectivity index (χ2n) is 8.61. The predicted octanol–water partition coefficient (Wildman–Crippen LogP) is 3.66. The number of sulfonamides is 1. The monoisotopic (exact) mass is 429 g/mol. The van der Waals surface area contributed by atoms with E-state index in [0.29, 0.717) is 25.0 Å². The molecule has 0 spiro atoms. The Labute approximate surface area is 179 Å². The van der Waals surface area contributed by atoms with Crippen molar-refractivity contribution in [1.29, 1.82) is 0 Å². The van der Waals surface area contributed by atoms with Gasteiger partial charge in [-0.3, -0.25) is 0 Å². The third-order valence-corrected chi connectivity index (χ3v) is 7.55. The van der Waals surface area contributed by atoms with Gasteiger partial charge in [0.25, 0.3) is 0 Å². The highest BCUT2D eigenvalue weighted by molar-refractivity contribution is 7.88. The first-order valence-electron chi connectivity index (χ1n) is 10.7. The summed E-state index contributed by atoms with van der Waals surface area (Å²) in [6.07, 6.45) is 7.11. The van der Waals surface area contributed by atoms with Gasteiger partial charge in [-0.1, -0.05) is 0 Å². The van der Waals surface area contributed by atoms with Crippen molar-refractivity contribution in [2.45, 2.75) is 51.5 Å². The first-order chi connectivity index (χ1) is 14.3. The van der Waals surface area contributed by atoms with E-state index in [2.05, 4.69) is 34.3 Å². The second kappa shape index (κ2) is 8.51. The van der Waals surface area contributed by atoms with E-state index in [0.717, 1.165) is 42.4 Å². The first-order valence-corrected chi connectivity index (χ1v) is 12.6. The molecule has 4 heterocycles. The van der Waals surface area contributed by atoms with Crippen molar-refractivity contribution in [1.82, 2.24) is 14.3 Å². The summed E-state index contributed by atoms with van der Waals surface area (Å²) in [5.74, 6) is 2.91. The molecule has 2 aliphatic rings. The molecule has 7 nitrogen and oxygen atoms in total. The van der Waals surface area contributed by atoms with Crippen molar-refractivity contribution in [3.05, 3.63) is 41.6 Å². The molecule has 0 aromatic carbocycles. The molecule has 2 aromatic heterocycles. The zero-order valence-electron chi connectivity index (χ0n) is 18.0. The number of piperidine rings is 1. The topological polar surface area (TPSA) is 78.4 Å². The van der Waals surface area contributed by atoms with Crippen LogP contribution in [0.5, 0.6) is 0 Å². The number of nitrogens with one attached hydrogen (secondary N) is 1. The van der Waals surface area contributed by atoms with Crippen LogP contribution in [0.3, 0.4) is 0 Å². The van der Waals surface area contributed by atoms with Crippen LogP contribution < -0.4 is 10.2 Å². The largest absolute Gasteiger partial charge is 0.354 e. The van der Waals surface area contributed by atoms with Gasteiger partial charge in [0, 0.05) is 31.9 Å². The summed E-state index contributed by atoms with van der Waals surface area (Å²) in [5.41, 5.74) is 2.37. The maximum absolute atomic E-state index is 11.9. The van der Waals surface area contributed by atoms with Crippen LogP contribution in [0, 0.1) is 6.92 Å². The Morgan fingerprint density at radius 1 is 1.07 bits per heavy atom. The van der Waals surface area contributed by atoms with Gasteiger partial charge in [-0.15, -0.1) is 0 Å². The molecule has 2 saturated heterocycles. The molecular formula is C22H31N5O2S. The quantitative estimate of drug-likeness (QED) is 0.782. The predicted molar refractivity (Wildman–Crippen MR) is 121 cm³/mol. The van der Waals surface area contributed by atoms with E-state index in [1.807, 2.05) is 19.1 Å². The number of hydrogen-bond acceptors (Lipinski definition) is 6. The van der Waals surface area contributed by atoms with Gasteiger partial charge in [0.1, 0.15) is 17.5 Å². The number of rotatable bonds is 5. The van der Waals surface area contributed by atoms with Gasteiger partial charge in [0.2, 0.25) is 10.0 Å². The second-order valence-corrected chi connectivity index (χ2v) is 10.6. The van der Waals surface area contributed by atoms with Crippen molar-refractivity contribution >= 4 is 27.5 Å². The molecule has 2 aromatic rings. The molecule has 162 valence electrons. The Morgan fingerprint density at radius 2 is 1.83 bits per heavy atom. The van der Waals surface area contributed by atoms with Gasteiger partial charge in [0.05, 0.1) is 6.26 Å². The van der Waals surface area contributed by atoms with Crippen molar-refractivity contribution < 1.29 is 8.42 Å². The lowest BCUT2D eigenvalue weighted by atomic mass is 9.90. The number of anilines is 3. The minimum atomic E-state index is -3.12. The summed E-state index contributed by atoms with van der Waals surface area (Å²) in [5, 5.41) is 3.38. The Balaban J connectivity index is 1.62. The normalized spacial score (nSPS) is 21.2. The Hall–Kier alpha value is -2.19. The minimum absolute atomic E-state index is 0.327. The van der Waals surface area contributed by atoms with Crippen molar-refractivity contribution in [3.8, 4) is 0 Å². The molecule has 8 heteroatoms. The molecule has 0 amide bonds. The van der Waals surface area contributed by atoms with E-state index in [-0.39, 0.29) is 0 Å². The average molecular weight is 430 g/mol. The van der Waals surface area contributed by atoms with Gasteiger partial charge >= 0.3 is 0 Å². The highest BCUT2D eigenvalue weighted by Crippen LogP contribution is 2.34. The molecular weight excluding hydrogens is 398 g/mol. The molecule has 0 unspecified atom stereocenters. The fourth-order valence-electron chi connectivity index (χ4n) is 4.51. The van der Waals surface area contributed by atoms with Crippen LogP contribution in [-0.2, 0) is 10.0 Å². The van der Waals surface area contributed by atoms with Crippen LogP contribution in [-0.4, -0.2) is 54.6 Å². The molecule has 2 aliphatic heterocycles. The van der Waals surface area contributed by atoms with Crippen LogP contribution in [0.15, 0.2) is 30.5 Å². The fraction of sp³-hybridized carbons (Fsp3) is 0.545. The van der Waals surface area contributed by atoms with Crippen LogP contribution in [0.1, 0.15) is 49.7 Å². The van der Waals surface area contributed by atoms with Crippen LogP contribution >= 0.6 is 0 Å². The molecule has 0 radical (unpaired) electrons. The van der Waals surface area contributed by atoms with E-state index in [9.17, 15) is 8.42 Å². The maximum Gasteiger partial charge on any atom is 0.211 e. The Morgan fingerprint density at radius 3 is 2.47 bits per heavy atom. The average Bonchev–Trinajstić information content (AvgIpc) is 3.13. The number of hydrogen-bond donors (Lipinski definition) is 1. The van der Waals surface area contributed by atoms with Crippen LogP contribution in [0.4, 0.5) is 17.5 Å². The van der Waals surface area contributed by atoms with Crippen molar-refractivity contribution in [3.63, 3.8) is 0 Å². The third kappa shape index (κ3) is 4.75. The van der Waals surface area contributed by atoms with E-state index < -0.39 is 10.0 Å². The van der Waals surface area contributed by atoms with Gasteiger partial charge in [0.15, 0.2) is 0 Å². The summed E-state index contributed by atoms with van der Waals surface area (Å²) < 4.78 is 25.3. The van der Waals surface area contributed by atoms with E-state index >= 15 is 0 Å². The maximum atomic E-state index is 11.9. The van der Waals surface area contributed by atoms with E-state index in [1.54, 1.807) is 10.5 Å². The lowest BCUT2D eigenvalue weighted by Gasteiger charge is -2.31. The SMILES string of the molecule is Cc1ccnc(Nc2cc(C3CCN(S(C)(=O)=O)CC3)cc(N3CCC[C@H]3C)n2)c1. The molecule has 4 rings (SSSR count). The highest BCUT2D eigenvalue weighted by atomic mass is 32.2. The molecule has 2 fully saturated rings. The highest BCUT2D eigenvalue weighted by Gasteiger charge is 2.28. The standard InChI is InChI=1S/C22H31N5O2S/c1-16-6-9-23-20(13-16)24-21-14-19(15-22(25-21)27-10-4-5-17(27)2)18-7-11-26(12-8-18)30(3,28)29/h6,9,13-15,17-18H,4-5,7-8,10-12H2,1-3H3,(H,23,24,25)/t17-/m1/s1. The van der Waals surface area contributed by atoms with E-state index in [4.69, 9.17) is 4.98 Å². The molecule has 1 atom stereocenters. The van der Waals surface area contributed by atoms with Crippen molar-refractivity contribution in [2.24, 2.45) is 0 Å². The molecule has 0 saturated carbocycles. The lowest BCUT2D eigenvalue weighted by molar-refractivity contribution is 0.321. The Bertz CT molecular complexity index is 1000. The van der Waals surface area contributed by atoms with Gasteiger partial charge in [-0.05, 0) is 80.8 Å². The van der Waals surface area contributed by atoms with E-state index in [1.165, 1.54) is 24.7 Å². The number of nitrogens with zero attached hydrogens (tertiary/aromatic N) is 4. The summed E-state index contributed by atoms with van der Waals surface area (Å²) in [7, 11) is -3.12. The number of aryl methyl sites for hydroxylation is 1. The summed E-state index contributed by atoms with van der Waals surface area (Å²) in [6, 6.07) is 8.77. The number of aromatic nitrogens is 2. The number of pyridine rings is 2. The lowest BCUT2D eigenvalue weighted by Crippen LogP contribution is -2.37. The third-order valence-electron chi connectivity index (χ3n) is 6.25. The smallest absolute Gasteiger partial charge is 0.211 e. The summed E-state index contributed by atoms with van der Waals surface area (Å²) >= 11 is 0.